The first-order valence-corrected chi connectivity index (χ1v) is 6.61. The van der Waals surface area contributed by atoms with Gasteiger partial charge in [-0.2, -0.15) is 0 Å². The third-order valence-electron chi connectivity index (χ3n) is 2.84. The Balaban J connectivity index is 2.67. The van der Waals surface area contributed by atoms with Gasteiger partial charge in [-0.3, -0.25) is 0 Å². The molecule has 0 amide bonds. The number of rotatable bonds is 7. The van der Waals surface area contributed by atoms with Crippen LogP contribution in [0.4, 0.5) is 0 Å². The quantitative estimate of drug-likeness (QED) is 0.801. The van der Waals surface area contributed by atoms with Crippen LogP contribution in [0.25, 0.3) is 0 Å². The van der Waals surface area contributed by atoms with E-state index in [1.54, 1.807) is 7.11 Å². The Bertz CT molecular complexity index is 369. The molecule has 1 unspecified atom stereocenters. The Morgan fingerprint density at radius 3 is 2.67 bits per heavy atom. The summed E-state index contributed by atoms with van der Waals surface area (Å²) in [7, 11) is 1.63. The molecule has 4 heteroatoms. The summed E-state index contributed by atoms with van der Waals surface area (Å²) in [5.74, 6) is 1.32. The average Bonchev–Trinajstić information content (AvgIpc) is 2.34. The van der Waals surface area contributed by atoms with E-state index in [0.29, 0.717) is 17.5 Å². The summed E-state index contributed by atoms with van der Waals surface area (Å²) in [6, 6.07) is 5.69. The highest BCUT2D eigenvalue weighted by molar-refractivity contribution is 6.31. The number of hydrogen-bond donors (Lipinski definition) is 2. The number of aliphatic hydroxyl groups is 1. The van der Waals surface area contributed by atoms with Crippen LogP contribution in [0.2, 0.25) is 5.02 Å². The molecule has 2 N–H and O–H groups in total. The van der Waals surface area contributed by atoms with Gasteiger partial charge in [0.15, 0.2) is 0 Å². The normalized spacial score (nSPS) is 12.8. The summed E-state index contributed by atoms with van der Waals surface area (Å²) in [4.78, 5) is 0. The monoisotopic (exact) mass is 271 g/mol. The van der Waals surface area contributed by atoms with Crippen LogP contribution in [0.3, 0.4) is 0 Å². The maximum absolute atomic E-state index is 9.32. The first kappa shape index (κ1) is 15.3. The third-order valence-corrected chi connectivity index (χ3v) is 3.19. The van der Waals surface area contributed by atoms with Crippen LogP contribution in [0.15, 0.2) is 18.2 Å². The van der Waals surface area contributed by atoms with Gasteiger partial charge in [-0.05, 0) is 24.5 Å². The van der Waals surface area contributed by atoms with Gasteiger partial charge >= 0.3 is 0 Å². The smallest absolute Gasteiger partial charge is 0.124 e. The Morgan fingerprint density at radius 2 is 2.11 bits per heavy atom. The highest BCUT2D eigenvalue weighted by atomic mass is 35.5. The van der Waals surface area contributed by atoms with Crippen LogP contribution in [0.1, 0.15) is 25.8 Å². The van der Waals surface area contributed by atoms with Crippen molar-refractivity contribution in [1.29, 1.82) is 0 Å². The molecule has 1 aromatic rings. The molecule has 0 fully saturated rings. The van der Waals surface area contributed by atoms with Crippen LogP contribution >= 0.6 is 11.6 Å². The van der Waals surface area contributed by atoms with Crippen molar-refractivity contribution in [3.8, 4) is 5.75 Å². The first-order chi connectivity index (χ1) is 8.58. The van der Waals surface area contributed by atoms with Gasteiger partial charge in [-0.25, -0.2) is 0 Å². The van der Waals surface area contributed by atoms with Gasteiger partial charge in [0, 0.05) is 23.2 Å². The van der Waals surface area contributed by atoms with Crippen LogP contribution < -0.4 is 10.1 Å². The van der Waals surface area contributed by atoms with Crippen molar-refractivity contribution in [2.75, 3.05) is 13.7 Å². The van der Waals surface area contributed by atoms with E-state index in [0.717, 1.165) is 17.7 Å². The van der Waals surface area contributed by atoms with Gasteiger partial charge in [-0.1, -0.05) is 31.5 Å². The fraction of sp³-hybridized carbons (Fsp3) is 0.571. The molecule has 0 aromatic heterocycles. The van der Waals surface area contributed by atoms with E-state index in [1.807, 2.05) is 18.2 Å². The van der Waals surface area contributed by atoms with Crippen molar-refractivity contribution in [3.05, 3.63) is 28.8 Å². The zero-order chi connectivity index (χ0) is 13.5. The Labute approximate surface area is 114 Å². The number of nitrogens with one attached hydrogen (secondary N) is 1. The van der Waals surface area contributed by atoms with Crippen molar-refractivity contribution in [2.24, 2.45) is 5.92 Å². The fourth-order valence-electron chi connectivity index (χ4n) is 1.94. The first-order valence-electron chi connectivity index (χ1n) is 6.24. The topological polar surface area (TPSA) is 41.5 Å². The van der Waals surface area contributed by atoms with Crippen molar-refractivity contribution in [1.82, 2.24) is 5.32 Å². The average molecular weight is 272 g/mol. The molecule has 0 radical (unpaired) electrons. The zero-order valence-corrected chi connectivity index (χ0v) is 12.0. The molecule has 18 heavy (non-hydrogen) atoms. The number of hydrogen-bond acceptors (Lipinski definition) is 3. The molecule has 0 saturated heterocycles. The van der Waals surface area contributed by atoms with Gasteiger partial charge in [-0.15, -0.1) is 0 Å². The number of ether oxygens (including phenoxy) is 1. The SMILES string of the molecule is COc1cccc(Cl)c1CNC(CO)CC(C)C. The van der Waals surface area contributed by atoms with Crippen molar-refractivity contribution in [2.45, 2.75) is 32.9 Å². The molecular weight excluding hydrogens is 250 g/mol. The Hall–Kier alpha value is -0.770. The molecule has 0 spiro atoms. The lowest BCUT2D eigenvalue weighted by atomic mass is 10.0. The molecule has 102 valence electrons. The maximum atomic E-state index is 9.32. The Kier molecular flexibility index (Phi) is 6.47. The molecule has 3 nitrogen and oxygen atoms in total. The summed E-state index contributed by atoms with van der Waals surface area (Å²) >= 11 is 6.16. The Morgan fingerprint density at radius 1 is 1.39 bits per heavy atom. The van der Waals surface area contributed by atoms with E-state index in [-0.39, 0.29) is 12.6 Å². The van der Waals surface area contributed by atoms with E-state index in [1.165, 1.54) is 0 Å². The minimum Gasteiger partial charge on any atom is -0.496 e. The van der Waals surface area contributed by atoms with Crippen LogP contribution in [-0.4, -0.2) is 24.9 Å². The summed E-state index contributed by atoms with van der Waals surface area (Å²) in [6.45, 7) is 5.01. The van der Waals surface area contributed by atoms with E-state index in [9.17, 15) is 5.11 Å². The molecule has 0 heterocycles. The van der Waals surface area contributed by atoms with E-state index in [4.69, 9.17) is 16.3 Å². The maximum Gasteiger partial charge on any atom is 0.124 e. The fourth-order valence-corrected chi connectivity index (χ4v) is 2.17. The second-order valence-electron chi connectivity index (χ2n) is 4.81. The second kappa shape index (κ2) is 7.62. The van der Waals surface area contributed by atoms with Crippen molar-refractivity contribution in [3.63, 3.8) is 0 Å². The predicted molar refractivity (Wildman–Crippen MR) is 75.2 cm³/mol. The van der Waals surface area contributed by atoms with Gasteiger partial charge < -0.3 is 15.2 Å². The molecule has 0 saturated carbocycles. The number of benzene rings is 1. The van der Waals surface area contributed by atoms with Crippen molar-refractivity contribution >= 4 is 11.6 Å². The van der Waals surface area contributed by atoms with Gasteiger partial charge in [0.1, 0.15) is 5.75 Å². The predicted octanol–water partition coefficient (Wildman–Crippen LogP) is 2.85. The molecule has 0 aliphatic rings. The lowest BCUT2D eigenvalue weighted by molar-refractivity contribution is 0.223. The van der Waals surface area contributed by atoms with Gasteiger partial charge in [0.25, 0.3) is 0 Å². The molecular formula is C14H22ClNO2. The van der Waals surface area contributed by atoms with E-state index in [2.05, 4.69) is 19.2 Å². The number of halogens is 1. The largest absolute Gasteiger partial charge is 0.496 e. The lowest BCUT2D eigenvalue weighted by Gasteiger charge is -2.19. The summed E-state index contributed by atoms with van der Waals surface area (Å²) in [6.07, 6.45) is 0.934. The summed E-state index contributed by atoms with van der Waals surface area (Å²) < 4.78 is 5.29. The second-order valence-corrected chi connectivity index (χ2v) is 5.22. The van der Waals surface area contributed by atoms with E-state index >= 15 is 0 Å². The van der Waals surface area contributed by atoms with Gasteiger partial charge in [0.05, 0.1) is 13.7 Å². The third kappa shape index (κ3) is 4.48. The lowest BCUT2D eigenvalue weighted by Crippen LogP contribution is -2.33. The number of methoxy groups -OCH3 is 1. The minimum absolute atomic E-state index is 0.0889. The molecule has 1 rings (SSSR count). The van der Waals surface area contributed by atoms with Gasteiger partial charge in [0.2, 0.25) is 0 Å². The molecule has 1 aromatic carbocycles. The molecule has 0 aliphatic heterocycles. The highest BCUT2D eigenvalue weighted by Gasteiger charge is 2.12. The van der Waals surface area contributed by atoms with E-state index < -0.39 is 0 Å². The summed E-state index contributed by atoms with van der Waals surface area (Å²) in [5, 5.41) is 13.3. The standard InChI is InChI=1S/C14H22ClNO2/c1-10(2)7-11(9-17)16-8-12-13(15)5-4-6-14(12)18-3/h4-6,10-11,16-17H,7-9H2,1-3H3. The molecule has 0 bridgehead atoms. The minimum atomic E-state index is 0.0889. The highest BCUT2D eigenvalue weighted by Crippen LogP contribution is 2.26. The molecule has 1 atom stereocenters. The summed E-state index contributed by atoms with van der Waals surface area (Å²) in [5.41, 5.74) is 0.934. The van der Waals surface area contributed by atoms with Crippen LogP contribution in [0, 0.1) is 5.92 Å². The van der Waals surface area contributed by atoms with Crippen LogP contribution in [0.5, 0.6) is 5.75 Å². The van der Waals surface area contributed by atoms with Crippen molar-refractivity contribution < 1.29 is 9.84 Å². The molecule has 0 aliphatic carbocycles. The number of aliphatic hydroxyl groups excluding tert-OH is 1. The zero-order valence-electron chi connectivity index (χ0n) is 11.2. The van der Waals surface area contributed by atoms with Crippen LogP contribution in [-0.2, 0) is 6.54 Å².